The molecule has 0 unspecified atom stereocenters. The number of anilines is 2. The number of carbonyl (C=O) groups is 2. The summed E-state index contributed by atoms with van der Waals surface area (Å²) < 4.78 is 5.23. The highest BCUT2D eigenvalue weighted by molar-refractivity contribution is 8.00. The van der Waals surface area contributed by atoms with Crippen LogP contribution < -0.4 is 15.4 Å². The van der Waals surface area contributed by atoms with Crippen molar-refractivity contribution in [2.24, 2.45) is 0 Å². The van der Waals surface area contributed by atoms with Gasteiger partial charge in [-0.3, -0.25) is 9.59 Å². The maximum absolute atomic E-state index is 12.1. The number of benzene rings is 2. The van der Waals surface area contributed by atoms with Gasteiger partial charge in [-0.25, -0.2) is 0 Å². The molecule has 120 valence electrons. The molecule has 5 nitrogen and oxygen atoms in total. The first-order chi connectivity index (χ1) is 11.1. The van der Waals surface area contributed by atoms with Crippen molar-refractivity contribution in [1.29, 1.82) is 0 Å². The Morgan fingerprint density at radius 3 is 2.48 bits per heavy atom. The summed E-state index contributed by atoms with van der Waals surface area (Å²) in [7, 11) is 1.53. The fourth-order valence-corrected chi connectivity index (χ4v) is 2.66. The van der Waals surface area contributed by atoms with E-state index in [2.05, 4.69) is 10.6 Å². The van der Waals surface area contributed by atoms with Crippen molar-refractivity contribution < 1.29 is 14.3 Å². The molecular weight excluding hydrogens is 312 g/mol. The second-order valence-electron chi connectivity index (χ2n) is 4.75. The van der Waals surface area contributed by atoms with Crippen molar-refractivity contribution in [3.05, 3.63) is 48.5 Å². The van der Waals surface area contributed by atoms with Crippen LogP contribution in [0.1, 0.15) is 6.92 Å². The van der Waals surface area contributed by atoms with Crippen LogP contribution in [0.15, 0.2) is 53.4 Å². The van der Waals surface area contributed by atoms with Crippen molar-refractivity contribution in [2.45, 2.75) is 11.8 Å². The summed E-state index contributed by atoms with van der Waals surface area (Å²) in [6.07, 6.45) is 0. The summed E-state index contributed by atoms with van der Waals surface area (Å²) in [5.74, 6) is 0.513. The Hall–Kier alpha value is -2.47. The number of thioether (sulfide) groups is 1. The maximum Gasteiger partial charge on any atom is 0.234 e. The molecule has 0 aliphatic carbocycles. The molecule has 0 aromatic heterocycles. The third-order valence-corrected chi connectivity index (χ3v) is 3.92. The summed E-state index contributed by atoms with van der Waals surface area (Å²) in [5, 5.41) is 5.49. The van der Waals surface area contributed by atoms with Gasteiger partial charge in [0.25, 0.3) is 0 Å². The molecule has 0 atom stereocenters. The molecule has 0 bridgehead atoms. The van der Waals surface area contributed by atoms with E-state index in [1.165, 1.54) is 25.8 Å². The summed E-state index contributed by atoms with van der Waals surface area (Å²) in [4.78, 5) is 24.3. The molecule has 2 rings (SSSR count). The van der Waals surface area contributed by atoms with Gasteiger partial charge in [-0.15, -0.1) is 11.8 Å². The summed E-state index contributed by atoms with van der Waals surface area (Å²) in [5.41, 5.74) is 1.13. The molecule has 2 aromatic rings. The van der Waals surface area contributed by atoms with E-state index in [1.54, 1.807) is 18.2 Å². The summed E-state index contributed by atoms with van der Waals surface area (Å²) in [6.45, 7) is 1.43. The maximum atomic E-state index is 12.1. The molecule has 2 N–H and O–H groups in total. The normalized spacial score (nSPS) is 10.0. The van der Waals surface area contributed by atoms with E-state index in [9.17, 15) is 9.59 Å². The molecule has 0 heterocycles. The van der Waals surface area contributed by atoms with Gasteiger partial charge in [-0.05, 0) is 30.3 Å². The standard InChI is InChI=1S/C17H18N2O3S/c1-12(20)18-13-8-9-16(22-2)15(10-13)19-17(21)11-23-14-6-4-3-5-7-14/h3-10H,11H2,1-2H3,(H,18,20)(H,19,21). The number of hydrogen-bond donors (Lipinski definition) is 2. The van der Waals surface area contributed by atoms with E-state index in [0.717, 1.165) is 4.90 Å². The molecule has 0 fully saturated rings. The summed E-state index contributed by atoms with van der Waals surface area (Å²) >= 11 is 1.45. The Labute approximate surface area is 139 Å². The highest BCUT2D eigenvalue weighted by atomic mass is 32.2. The molecule has 23 heavy (non-hydrogen) atoms. The van der Waals surface area contributed by atoms with Crippen molar-refractivity contribution in [3.63, 3.8) is 0 Å². The van der Waals surface area contributed by atoms with Crippen LogP contribution in [0.5, 0.6) is 5.75 Å². The minimum absolute atomic E-state index is 0.142. The number of ether oxygens (including phenoxy) is 1. The zero-order valence-electron chi connectivity index (χ0n) is 13.0. The Balaban J connectivity index is 2.02. The molecule has 0 saturated heterocycles. The van der Waals surface area contributed by atoms with E-state index in [-0.39, 0.29) is 17.6 Å². The van der Waals surface area contributed by atoms with E-state index < -0.39 is 0 Å². The number of amides is 2. The lowest BCUT2D eigenvalue weighted by molar-refractivity contribution is -0.114. The first-order valence-corrected chi connectivity index (χ1v) is 8.00. The molecule has 0 radical (unpaired) electrons. The quantitative estimate of drug-likeness (QED) is 0.797. The van der Waals surface area contributed by atoms with Crippen LogP contribution >= 0.6 is 11.8 Å². The SMILES string of the molecule is COc1ccc(NC(C)=O)cc1NC(=O)CSc1ccccc1. The van der Waals surface area contributed by atoms with E-state index >= 15 is 0 Å². The average molecular weight is 330 g/mol. The van der Waals surface area contributed by atoms with Gasteiger partial charge in [0.15, 0.2) is 0 Å². The van der Waals surface area contributed by atoms with Gasteiger partial charge in [0.05, 0.1) is 18.6 Å². The van der Waals surface area contributed by atoms with Gasteiger partial charge in [-0.1, -0.05) is 18.2 Å². The smallest absolute Gasteiger partial charge is 0.234 e. The molecule has 2 amide bonds. The Kier molecular flexibility index (Phi) is 6.05. The predicted molar refractivity (Wildman–Crippen MR) is 93.1 cm³/mol. The van der Waals surface area contributed by atoms with Crippen molar-refractivity contribution in [2.75, 3.05) is 23.5 Å². The Bertz CT molecular complexity index is 689. The second-order valence-corrected chi connectivity index (χ2v) is 5.79. The number of nitrogens with one attached hydrogen (secondary N) is 2. The van der Waals surface area contributed by atoms with Crippen LogP contribution in [0.3, 0.4) is 0 Å². The fraction of sp³-hybridized carbons (Fsp3) is 0.176. The predicted octanol–water partition coefficient (Wildman–Crippen LogP) is 3.38. The van der Waals surface area contributed by atoms with E-state index in [0.29, 0.717) is 17.1 Å². The lowest BCUT2D eigenvalue weighted by Gasteiger charge is -2.12. The van der Waals surface area contributed by atoms with Crippen LogP contribution in [-0.4, -0.2) is 24.7 Å². The zero-order valence-corrected chi connectivity index (χ0v) is 13.8. The topological polar surface area (TPSA) is 67.4 Å². The van der Waals surface area contributed by atoms with Crippen molar-refractivity contribution in [1.82, 2.24) is 0 Å². The first kappa shape index (κ1) is 16.9. The van der Waals surface area contributed by atoms with Crippen molar-refractivity contribution >= 4 is 35.0 Å². The fourth-order valence-electron chi connectivity index (χ4n) is 1.94. The Morgan fingerprint density at radius 1 is 1.09 bits per heavy atom. The highest BCUT2D eigenvalue weighted by Crippen LogP contribution is 2.28. The average Bonchev–Trinajstić information content (AvgIpc) is 2.54. The number of rotatable bonds is 6. The second kappa shape index (κ2) is 8.24. The van der Waals surface area contributed by atoms with Gasteiger partial charge in [0.2, 0.25) is 11.8 Å². The molecular formula is C17H18N2O3S. The monoisotopic (exact) mass is 330 g/mol. The van der Waals surface area contributed by atoms with Crippen LogP contribution in [-0.2, 0) is 9.59 Å². The van der Waals surface area contributed by atoms with Crippen LogP contribution in [0, 0.1) is 0 Å². The minimum atomic E-state index is -0.174. The van der Waals surface area contributed by atoms with E-state index in [1.807, 2.05) is 30.3 Å². The van der Waals surface area contributed by atoms with Crippen LogP contribution in [0.25, 0.3) is 0 Å². The summed E-state index contributed by atoms with van der Waals surface area (Å²) in [6, 6.07) is 14.8. The largest absolute Gasteiger partial charge is 0.495 e. The van der Waals surface area contributed by atoms with Gasteiger partial charge in [0, 0.05) is 17.5 Å². The molecule has 6 heteroatoms. The van der Waals surface area contributed by atoms with Gasteiger partial charge >= 0.3 is 0 Å². The van der Waals surface area contributed by atoms with Gasteiger partial charge in [0.1, 0.15) is 5.75 Å². The van der Waals surface area contributed by atoms with Gasteiger partial charge in [-0.2, -0.15) is 0 Å². The molecule has 0 spiro atoms. The molecule has 0 saturated carbocycles. The first-order valence-electron chi connectivity index (χ1n) is 7.02. The zero-order chi connectivity index (χ0) is 16.7. The van der Waals surface area contributed by atoms with Crippen LogP contribution in [0.4, 0.5) is 11.4 Å². The molecule has 0 aliphatic rings. The third kappa shape index (κ3) is 5.34. The lowest BCUT2D eigenvalue weighted by atomic mass is 10.2. The Morgan fingerprint density at radius 2 is 1.83 bits per heavy atom. The minimum Gasteiger partial charge on any atom is -0.495 e. The van der Waals surface area contributed by atoms with E-state index in [4.69, 9.17) is 4.74 Å². The lowest BCUT2D eigenvalue weighted by Crippen LogP contribution is -2.15. The van der Waals surface area contributed by atoms with Gasteiger partial charge < -0.3 is 15.4 Å². The highest BCUT2D eigenvalue weighted by Gasteiger charge is 2.10. The molecule has 0 aliphatic heterocycles. The molecule has 2 aromatic carbocycles. The number of carbonyl (C=O) groups excluding carboxylic acids is 2. The van der Waals surface area contributed by atoms with Crippen LogP contribution in [0.2, 0.25) is 0 Å². The number of methoxy groups -OCH3 is 1. The van der Waals surface area contributed by atoms with Crippen molar-refractivity contribution in [3.8, 4) is 5.75 Å². The number of hydrogen-bond acceptors (Lipinski definition) is 4. The third-order valence-electron chi connectivity index (χ3n) is 2.91.